The van der Waals surface area contributed by atoms with Crippen LogP contribution in [0.1, 0.15) is 12.8 Å². The Morgan fingerprint density at radius 3 is 2.60 bits per heavy atom. The molecule has 2 aliphatic heterocycles. The van der Waals surface area contributed by atoms with Crippen LogP contribution < -0.4 is 25.0 Å². The average Bonchev–Trinajstić information content (AvgIpc) is 3.32. The predicted octanol–water partition coefficient (Wildman–Crippen LogP) is 2.71. The standard InChI is InChI=1S/C24H24N4O7/c29-21(27-23(31)25-16-5-6-19-20(13-16)33-12-11-32-19)14-34-22(30)15-7-9-28(10-8-15)24-26-17-3-1-2-4-18(17)35-24/h1-6,13,15H,7-12,14H2,(H2,25,27,29,31). The van der Waals surface area contributed by atoms with Gasteiger partial charge in [0, 0.05) is 24.8 Å². The molecular formula is C24H24N4O7. The summed E-state index contributed by atoms with van der Waals surface area (Å²) in [5.74, 6) is -0.432. The van der Waals surface area contributed by atoms with Gasteiger partial charge in [-0.2, -0.15) is 4.98 Å². The third kappa shape index (κ3) is 5.29. The topological polar surface area (TPSA) is 132 Å². The fourth-order valence-corrected chi connectivity index (χ4v) is 4.00. The minimum Gasteiger partial charge on any atom is -0.486 e. The third-order valence-corrected chi connectivity index (χ3v) is 5.78. The number of anilines is 2. The number of benzene rings is 2. The van der Waals surface area contributed by atoms with Crippen LogP contribution in [0.25, 0.3) is 11.1 Å². The van der Waals surface area contributed by atoms with Crippen LogP contribution >= 0.6 is 0 Å². The third-order valence-electron chi connectivity index (χ3n) is 5.78. The number of fused-ring (bicyclic) bond motifs is 2. The number of carbonyl (C=O) groups is 3. The second-order valence-electron chi connectivity index (χ2n) is 8.19. The number of amides is 3. The Kier molecular flexibility index (Phi) is 6.38. The highest BCUT2D eigenvalue weighted by molar-refractivity contribution is 6.02. The molecule has 2 aromatic carbocycles. The van der Waals surface area contributed by atoms with Crippen molar-refractivity contribution in [2.24, 2.45) is 5.92 Å². The molecule has 3 heterocycles. The van der Waals surface area contributed by atoms with Crippen molar-refractivity contribution in [1.29, 1.82) is 0 Å². The van der Waals surface area contributed by atoms with Crippen molar-refractivity contribution in [1.82, 2.24) is 10.3 Å². The lowest BCUT2D eigenvalue weighted by Gasteiger charge is -2.29. The maximum absolute atomic E-state index is 12.4. The molecule has 0 spiro atoms. The molecule has 1 aromatic heterocycles. The molecule has 0 unspecified atom stereocenters. The second kappa shape index (κ2) is 9.92. The van der Waals surface area contributed by atoms with Gasteiger partial charge in [-0.3, -0.25) is 14.9 Å². The first kappa shape index (κ1) is 22.5. The van der Waals surface area contributed by atoms with E-state index < -0.39 is 24.5 Å². The summed E-state index contributed by atoms with van der Waals surface area (Å²) in [7, 11) is 0. The molecule has 1 fully saturated rings. The number of nitrogens with zero attached hydrogens (tertiary/aromatic N) is 2. The Labute approximate surface area is 200 Å². The van der Waals surface area contributed by atoms with Crippen molar-refractivity contribution in [2.45, 2.75) is 12.8 Å². The Bertz CT molecular complexity index is 1220. The number of imide groups is 1. The van der Waals surface area contributed by atoms with Gasteiger partial charge < -0.3 is 28.8 Å². The van der Waals surface area contributed by atoms with E-state index in [9.17, 15) is 14.4 Å². The second-order valence-corrected chi connectivity index (χ2v) is 8.19. The van der Waals surface area contributed by atoms with Crippen LogP contribution in [0.2, 0.25) is 0 Å². The number of hydrogen-bond acceptors (Lipinski definition) is 9. The lowest BCUT2D eigenvalue weighted by atomic mass is 9.97. The SMILES string of the molecule is O=C(COC(=O)C1CCN(c2nc3ccccc3o2)CC1)NC(=O)Nc1ccc2c(c1)OCCO2. The number of para-hydroxylation sites is 2. The van der Waals surface area contributed by atoms with E-state index in [2.05, 4.69) is 15.6 Å². The molecule has 1 saturated heterocycles. The minimum atomic E-state index is -0.741. The van der Waals surface area contributed by atoms with E-state index in [4.69, 9.17) is 18.6 Å². The fourth-order valence-electron chi connectivity index (χ4n) is 4.00. The maximum Gasteiger partial charge on any atom is 0.325 e. The number of rotatable bonds is 5. The first-order valence-electron chi connectivity index (χ1n) is 11.3. The van der Waals surface area contributed by atoms with E-state index in [1.807, 2.05) is 29.2 Å². The highest BCUT2D eigenvalue weighted by Crippen LogP contribution is 2.32. The van der Waals surface area contributed by atoms with Gasteiger partial charge in [0.15, 0.2) is 23.7 Å². The maximum atomic E-state index is 12.4. The number of oxazole rings is 1. The van der Waals surface area contributed by atoms with Crippen molar-refractivity contribution in [2.75, 3.05) is 43.1 Å². The summed E-state index contributed by atoms with van der Waals surface area (Å²) in [4.78, 5) is 43.0. The summed E-state index contributed by atoms with van der Waals surface area (Å²) < 4.78 is 21.8. The number of carbonyl (C=O) groups excluding carboxylic acids is 3. The highest BCUT2D eigenvalue weighted by Gasteiger charge is 2.28. The lowest BCUT2D eigenvalue weighted by molar-refractivity contribution is -0.153. The first-order chi connectivity index (χ1) is 17.0. The zero-order chi connectivity index (χ0) is 24.2. The molecule has 0 aliphatic carbocycles. The number of nitrogens with one attached hydrogen (secondary N) is 2. The van der Waals surface area contributed by atoms with Gasteiger partial charge in [-0.05, 0) is 37.1 Å². The molecule has 0 radical (unpaired) electrons. The highest BCUT2D eigenvalue weighted by atomic mass is 16.6. The molecule has 0 bridgehead atoms. The van der Waals surface area contributed by atoms with Crippen LogP contribution in [0, 0.1) is 5.92 Å². The summed E-state index contributed by atoms with van der Waals surface area (Å²) in [5, 5.41) is 4.68. The monoisotopic (exact) mass is 480 g/mol. The van der Waals surface area contributed by atoms with Crippen molar-refractivity contribution >= 4 is 40.7 Å². The molecule has 2 aliphatic rings. The smallest absolute Gasteiger partial charge is 0.325 e. The summed E-state index contributed by atoms with van der Waals surface area (Å²) in [6, 6.07) is 12.2. The van der Waals surface area contributed by atoms with E-state index in [1.165, 1.54) is 0 Å². The molecule has 11 heteroatoms. The van der Waals surface area contributed by atoms with Crippen LogP contribution in [0.3, 0.4) is 0 Å². The molecule has 3 aromatic rings. The van der Waals surface area contributed by atoms with Gasteiger partial charge in [0.2, 0.25) is 0 Å². The van der Waals surface area contributed by atoms with Crippen molar-refractivity contribution in [3.8, 4) is 11.5 Å². The van der Waals surface area contributed by atoms with Gasteiger partial charge in [-0.1, -0.05) is 12.1 Å². The molecule has 182 valence electrons. The van der Waals surface area contributed by atoms with E-state index in [0.717, 1.165) is 5.52 Å². The first-order valence-corrected chi connectivity index (χ1v) is 11.3. The zero-order valence-electron chi connectivity index (χ0n) is 18.8. The normalized spacial score (nSPS) is 15.5. The number of ether oxygens (including phenoxy) is 3. The largest absolute Gasteiger partial charge is 0.486 e. The number of urea groups is 1. The predicted molar refractivity (Wildman–Crippen MR) is 124 cm³/mol. The summed E-state index contributed by atoms with van der Waals surface area (Å²) in [5.41, 5.74) is 1.93. The van der Waals surface area contributed by atoms with Crippen molar-refractivity contribution < 1.29 is 33.0 Å². The quantitative estimate of drug-likeness (QED) is 0.529. The van der Waals surface area contributed by atoms with Gasteiger partial charge in [0.1, 0.15) is 18.7 Å². The van der Waals surface area contributed by atoms with Crippen LogP contribution in [0.5, 0.6) is 11.5 Å². The van der Waals surface area contributed by atoms with Gasteiger partial charge >= 0.3 is 12.0 Å². The van der Waals surface area contributed by atoms with Gasteiger partial charge in [-0.15, -0.1) is 0 Å². The van der Waals surface area contributed by atoms with E-state index in [0.29, 0.717) is 67.9 Å². The summed E-state index contributed by atoms with van der Waals surface area (Å²) in [6.45, 7) is 1.50. The van der Waals surface area contributed by atoms with E-state index >= 15 is 0 Å². The van der Waals surface area contributed by atoms with Crippen molar-refractivity contribution in [3.63, 3.8) is 0 Å². The zero-order valence-corrected chi connectivity index (χ0v) is 18.8. The number of piperidine rings is 1. The minimum absolute atomic E-state index is 0.338. The van der Waals surface area contributed by atoms with Gasteiger partial charge in [-0.25, -0.2) is 4.79 Å². The Morgan fingerprint density at radius 2 is 1.80 bits per heavy atom. The van der Waals surface area contributed by atoms with E-state index in [1.54, 1.807) is 18.2 Å². The number of aromatic nitrogens is 1. The summed E-state index contributed by atoms with van der Waals surface area (Å²) in [6.07, 6.45) is 1.09. The Balaban J connectivity index is 1.04. The molecular weight excluding hydrogens is 456 g/mol. The molecule has 35 heavy (non-hydrogen) atoms. The Morgan fingerprint density at radius 1 is 1.03 bits per heavy atom. The van der Waals surface area contributed by atoms with Crippen LogP contribution in [0.4, 0.5) is 16.5 Å². The number of esters is 1. The lowest BCUT2D eigenvalue weighted by Crippen LogP contribution is -2.40. The van der Waals surface area contributed by atoms with Crippen LogP contribution in [-0.2, 0) is 14.3 Å². The van der Waals surface area contributed by atoms with Gasteiger partial charge in [0.25, 0.3) is 11.9 Å². The molecule has 3 amide bonds. The molecule has 0 atom stereocenters. The van der Waals surface area contributed by atoms with Crippen LogP contribution in [0.15, 0.2) is 46.9 Å². The average molecular weight is 480 g/mol. The Hall–Kier alpha value is -4.28. The molecule has 0 saturated carbocycles. The molecule has 11 nitrogen and oxygen atoms in total. The van der Waals surface area contributed by atoms with Crippen molar-refractivity contribution in [3.05, 3.63) is 42.5 Å². The molecule has 5 rings (SSSR count). The fraction of sp³-hybridized carbons (Fsp3) is 0.333. The molecule has 2 N–H and O–H groups in total. The number of hydrogen-bond donors (Lipinski definition) is 2. The van der Waals surface area contributed by atoms with Gasteiger partial charge in [0.05, 0.1) is 5.92 Å². The summed E-state index contributed by atoms with van der Waals surface area (Å²) >= 11 is 0. The van der Waals surface area contributed by atoms with Crippen LogP contribution in [-0.4, -0.2) is 55.8 Å². The van der Waals surface area contributed by atoms with E-state index in [-0.39, 0.29) is 5.92 Å².